The van der Waals surface area contributed by atoms with Gasteiger partial charge in [0.15, 0.2) is 0 Å². The van der Waals surface area contributed by atoms with Gasteiger partial charge >= 0.3 is 0 Å². The highest BCUT2D eigenvalue weighted by atomic mass is 32.1. The van der Waals surface area contributed by atoms with Crippen molar-refractivity contribution >= 4 is 17.6 Å². The van der Waals surface area contributed by atoms with Crippen LogP contribution in [0, 0.1) is 0 Å². The first-order valence-corrected chi connectivity index (χ1v) is 6.33. The van der Waals surface area contributed by atoms with Gasteiger partial charge in [0, 0.05) is 4.88 Å². The molecule has 0 bridgehead atoms. The summed E-state index contributed by atoms with van der Waals surface area (Å²) in [7, 11) is 1.65. The molecule has 0 amide bonds. The summed E-state index contributed by atoms with van der Waals surface area (Å²) in [6.45, 7) is 0. The summed E-state index contributed by atoms with van der Waals surface area (Å²) in [6.07, 6.45) is 1.70. The number of thiophene rings is 1. The fraction of sp³-hybridized carbons (Fsp3) is 0.214. The van der Waals surface area contributed by atoms with Crippen molar-refractivity contribution in [1.29, 1.82) is 0 Å². The molecule has 2 nitrogen and oxygen atoms in total. The fourth-order valence-corrected chi connectivity index (χ4v) is 2.61. The van der Waals surface area contributed by atoms with Gasteiger partial charge in [-0.2, -0.15) is 0 Å². The molecule has 0 fully saturated rings. The monoisotopic (exact) mass is 246 g/mol. The van der Waals surface area contributed by atoms with Gasteiger partial charge < -0.3 is 9.53 Å². The number of carbonyl (C=O) groups is 1. The molecule has 0 aliphatic heterocycles. The normalized spacial score (nSPS) is 12.1. The molecule has 0 aliphatic carbocycles. The summed E-state index contributed by atoms with van der Waals surface area (Å²) in [5.74, 6) is 0.766. The predicted molar refractivity (Wildman–Crippen MR) is 69.8 cm³/mol. The highest BCUT2D eigenvalue weighted by molar-refractivity contribution is 7.10. The third-order valence-corrected chi connectivity index (χ3v) is 3.71. The van der Waals surface area contributed by atoms with Crippen LogP contribution in [0.15, 0.2) is 41.8 Å². The van der Waals surface area contributed by atoms with E-state index >= 15 is 0 Å². The molecule has 0 radical (unpaired) electrons. The maximum Gasteiger partial charge on any atom is 0.128 e. The van der Waals surface area contributed by atoms with Gasteiger partial charge in [-0.25, -0.2) is 0 Å². The second-order valence-corrected chi connectivity index (χ2v) is 4.75. The van der Waals surface area contributed by atoms with Crippen molar-refractivity contribution in [2.75, 3.05) is 7.11 Å². The van der Waals surface area contributed by atoms with Gasteiger partial charge in [-0.3, -0.25) is 0 Å². The maximum absolute atomic E-state index is 11.2. The van der Waals surface area contributed by atoms with Crippen LogP contribution < -0.4 is 4.74 Å². The first-order chi connectivity index (χ1) is 8.35. The molecule has 0 N–H and O–H groups in total. The molecule has 1 heterocycles. The molecule has 3 heteroatoms. The standard InChI is InChI=1S/C14H14O2S/c1-16-13-6-3-2-5-11(13)9-12(10-15)14-7-4-8-17-14/h2-8,10,12H,9H2,1H3. The Morgan fingerprint density at radius 2 is 2.12 bits per heavy atom. The summed E-state index contributed by atoms with van der Waals surface area (Å²) in [6, 6.07) is 11.8. The number of aldehydes is 1. The van der Waals surface area contributed by atoms with Crippen LogP contribution in [0.25, 0.3) is 0 Å². The van der Waals surface area contributed by atoms with E-state index in [2.05, 4.69) is 0 Å². The number of ether oxygens (including phenoxy) is 1. The predicted octanol–water partition coefficient (Wildman–Crippen LogP) is 3.28. The Morgan fingerprint density at radius 3 is 2.76 bits per heavy atom. The Balaban J connectivity index is 2.21. The quantitative estimate of drug-likeness (QED) is 0.757. The minimum atomic E-state index is -0.0775. The van der Waals surface area contributed by atoms with Crippen LogP contribution in [0.1, 0.15) is 16.4 Å². The SMILES string of the molecule is COc1ccccc1CC(C=O)c1cccs1. The zero-order valence-corrected chi connectivity index (χ0v) is 10.4. The fourth-order valence-electron chi connectivity index (χ4n) is 1.83. The first kappa shape index (κ1) is 11.9. The van der Waals surface area contributed by atoms with E-state index in [1.54, 1.807) is 18.4 Å². The molecule has 1 aromatic carbocycles. The van der Waals surface area contributed by atoms with Crippen LogP contribution in [0.4, 0.5) is 0 Å². The summed E-state index contributed by atoms with van der Waals surface area (Å²) in [5.41, 5.74) is 1.07. The minimum absolute atomic E-state index is 0.0775. The zero-order chi connectivity index (χ0) is 12.1. The van der Waals surface area contributed by atoms with Crippen LogP contribution in [0.3, 0.4) is 0 Å². The van der Waals surface area contributed by atoms with Crippen LogP contribution in [0.2, 0.25) is 0 Å². The topological polar surface area (TPSA) is 26.3 Å². The van der Waals surface area contributed by atoms with Crippen molar-refractivity contribution in [3.63, 3.8) is 0 Å². The zero-order valence-electron chi connectivity index (χ0n) is 9.63. The summed E-state index contributed by atoms with van der Waals surface area (Å²) < 4.78 is 5.30. The molecule has 17 heavy (non-hydrogen) atoms. The Morgan fingerprint density at radius 1 is 1.29 bits per heavy atom. The van der Waals surface area contributed by atoms with Crippen molar-refractivity contribution in [2.24, 2.45) is 0 Å². The van der Waals surface area contributed by atoms with Gasteiger partial charge in [-0.1, -0.05) is 24.3 Å². The number of hydrogen-bond acceptors (Lipinski definition) is 3. The van der Waals surface area contributed by atoms with Crippen LogP contribution in [-0.2, 0) is 11.2 Å². The van der Waals surface area contributed by atoms with E-state index in [0.717, 1.165) is 22.5 Å². The van der Waals surface area contributed by atoms with Crippen LogP contribution in [-0.4, -0.2) is 13.4 Å². The van der Waals surface area contributed by atoms with Gasteiger partial charge in [0.2, 0.25) is 0 Å². The third kappa shape index (κ3) is 2.74. The number of benzene rings is 1. The molecule has 1 atom stereocenters. The summed E-state index contributed by atoms with van der Waals surface area (Å²) in [4.78, 5) is 12.3. The lowest BCUT2D eigenvalue weighted by molar-refractivity contribution is -0.109. The average Bonchev–Trinajstić information content (AvgIpc) is 2.90. The number of carbonyl (C=O) groups excluding carboxylic acids is 1. The number of rotatable bonds is 5. The number of para-hydroxylation sites is 1. The number of hydrogen-bond donors (Lipinski definition) is 0. The molecule has 2 rings (SSSR count). The molecule has 2 aromatic rings. The van der Waals surface area contributed by atoms with Gasteiger partial charge in [-0.15, -0.1) is 11.3 Å². The van der Waals surface area contributed by atoms with E-state index in [0.29, 0.717) is 6.42 Å². The summed E-state index contributed by atoms with van der Waals surface area (Å²) in [5, 5.41) is 1.99. The smallest absolute Gasteiger partial charge is 0.128 e. The van der Waals surface area contributed by atoms with Crippen molar-refractivity contribution in [3.8, 4) is 5.75 Å². The third-order valence-electron chi connectivity index (χ3n) is 2.71. The van der Waals surface area contributed by atoms with Gasteiger partial charge in [0.25, 0.3) is 0 Å². The van der Waals surface area contributed by atoms with Crippen molar-refractivity contribution in [3.05, 3.63) is 52.2 Å². The first-order valence-electron chi connectivity index (χ1n) is 5.45. The Hall–Kier alpha value is -1.61. The second kappa shape index (κ2) is 5.64. The van der Waals surface area contributed by atoms with Crippen molar-refractivity contribution < 1.29 is 9.53 Å². The average molecular weight is 246 g/mol. The van der Waals surface area contributed by atoms with Crippen molar-refractivity contribution in [2.45, 2.75) is 12.3 Å². The van der Waals surface area contributed by atoms with E-state index in [1.165, 1.54) is 0 Å². The second-order valence-electron chi connectivity index (χ2n) is 3.77. The van der Waals surface area contributed by atoms with Gasteiger partial charge in [0.1, 0.15) is 12.0 Å². The molecule has 0 saturated carbocycles. The molecule has 1 aromatic heterocycles. The molecular weight excluding hydrogens is 232 g/mol. The Kier molecular flexibility index (Phi) is 3.94. The van der Waals surface area contributed by atoms with E-state index in [-0.39, 0.29) is 5.92 Å². The van der Waals surface area contributed by atoms with Crippen LogP contribution in [0.5, 0.6) is 5.75 Å². The molecule has 1 unspecified atom stereocenters. The highest BCUT2D eigenvalue weighted by Crippen LogP contribution is 2.27. The summed E-state index contributed by atoms with van der Waals surface area (Å²) >= 11 is 1.62. The molecule has 0 saturated heterocycles. The molecule has 88 valence electrons. The largest absolute Gasteiger partial charge is 0.496 e. The Labute approximate surface area is 105 Å². The highest BCUT2D eigenvalue weighted by Gasteiger charge is 2.14. The van der Waals surface area contributed by atoms with E-state index in [1.807, 2.05) is 41.8 Å². The molecule has 0 aliphatic rings. The Bertz CT molecular complexity index is 477. The lowest BCUT2D eigenvalue weighted by atomic mass is 9.98. The van der Waals surface area contributed by atoms with E-state index in [4.69, 9.17) is 4.74 Å². The van der Waals surface area contributed by atoms with Crippen molar-refractivity contribution in [1.82, 2.24) is 0 Å². The van der Waals surface area contributed by atoms with Gasteiger partial charge in [0.05, 0.1) is 13.0 Å². The molecule has 0 spiro atoms. The van der Waals surface area contributed by atoms with E-state index < -0.39 is 0 Å². The van der Waals surface area contributed by atoms with Crippen LogP contribution >= 0.6 is 11.3 Å². The minimum Gasteiger partial charge on any atom is -0.496 e. The number of methoxy groups -OCH3 is 1. The van der Waals surface area contributed by atoms with E-state index in [9.17, 15) is 4.79 Å². The lowest BCUT2D eigenvalue weighted by Gasteiger charge is -2.11. The maximum atomic E-state index is 11.2. The molecular formula is C14H14O2S. The lowest BCUT2D eigenvalue weighted by Crippen LogP contribution is -2.03. The van der Waals surface area contributed by atoms with Gasteiger partial charge in [-0.05, 0) is 29.5 Å².